The third-order valence-corrected chi connectivity index (χ3v) is 6.94. The number of fused-ring (bicyclic) bond motifs is 1. The first-order valence-corrected chi connectivity index (χ1v) is 12.3. The molecule has 0 unspecified atom stereocenters. The number of hydrogen-bond acceptors (Lipinski definition) is 7. The van der Waals surface area contributed by atoms with Crippen LogP contribution in [0.2, 0.25) is 0 Å². The van der Waals surface area contributed by atoms with Crippen molar-refractivity contribution in [3.63, 3.8) is 0 Å². The lowest BCUT2D eigenvalue weighted by Crippen LogP contribution is -2.38. The van der Waals surface area contributed by atoms with Gasteiger partial charge in [0.25, 0.3) is 0 Å². The molecule has 0 aliphatic carbocycles. The lowest BCUT2D eigenvalue weighted by atomic mass is 9.96. The Hall–Kier alpha value is -3.72. The van der Waals surface area contributed by atoms with Gasteiger partial charge >= 0.3 is 17.6 Å². The molecule has 1 fully saturated rings. The van der Waals surface area contributed by atoms with Crippen molar-refractivity contribution in [2.45, 2.75) is 46.7 Å². The highest BCUT2D eigenvalue weighted by Gasteiger charge is 2.22. The Morgan fingerprint density at radius 3 is 2.61 bits per heavy atom. The van der Waals surface area contributed by atoms with Crippen molar-refractivity contribution in [2.75, 3.05) is 19.6 Å². The second-order valence-corrected chi connectivity index (χ2v) is 9.80. The fourth-order valence-corrected chi connectivity index (χ4v) is 4.75. The second kappa shape index (κ2) is 10.1. The Balaban J connectivity index is 1.13. The van der Waals surface area contributed by atoms with E-state index in [2.05, 4.69) is 52.4 Å². The average Bonchev–Trinajstić information content (AvgIpc) is 3.45. The summed E-state index contributed by atoms with van der Waals surface area (Å²) in [7, 11) is 0. The van der Waals surface area contributed by atoms with Gasteiger partial charge in [-0.15, -0.1) is 0 Å². The van der Waals surface area contributed by atoms with E-state index in [1.165, 1.54) is 21.3 Å². The van der Waals surface area contributed by atoms with Crippen LogP contribution in [-0.2, 0) is 13.1 Å². The minimum atomic E-state index is -0.504. The zero-order valence-corrected chi connectivity index (χ0v) is 20.9. The molecule has 1 saturated heterocycles. The molecule has 2 aromatic carbocycles. The van der Waals surface area contributed by atoms with Gasteiger partial charge in [-0.2, -0.15) is 4.98 Å². The van der Waals surface area contributed by atoms with Crippen LogP contribution in [0, 0.1) is 26.7 Å². The van der Waals surface area contributed by atoms with Gasteiger partial charge in [0.2, 0.25) is 0 Å². The van der Waals surface area contributed by atoms with Crippen molar-refractivity contribution < 1.29 is 13.7 Å². The first-order chi connectivity index (χ1) is 17.4. The van der Waals surface area contributed by atoms with Crippen molar-refractivity contribution in [3.05, 3.63) is 80.9 Å². The minimum absolute atomic E-state index is 0.0605. The monoisotopic (exact) mass is 489 g/mol. The molecule has 1 amide bonds. The molecule has 2 aromatic heterocycles. The summed E-state index contributed by atoms with van der Waals surface area (Å²) in [6.07, 6.45) is 2.05. The van der Waals surface area contributed by atoms with E-state index >= 15 is 0 Å². The van der Waals surface area contributed by atoms with Crippen LogP contribution in [0.3, 0.4) is 0 Å². The Morgan fingerprint density at radius 1 is 1.06 bits per heavy atom. The molecule has 0 atom stereocenters. The number of amides is 1. The number of piperidine rings is 1. The third kappa shape index (κ3) is 5.26. The number of nitrogens with zero attached hydrogens (tertiary/aromatic N) is 4. The molecule has 4 aromatic rings. The van der Waals surface area contributed by atoms with E-state index in [9.17, 15) is 9.59 Å². The van der Waals surface area contributed by atoms with Crippen LogP contribution in [0.5, 0.6) is 0 Å². The van der Waals surface area contributed by atoms with Crippen LogP contribution in [0.25, 0.3) is 11.1 Å². The molecule has 9 heteroatoms. The second-order valence-electron chi connectivity index (χ2n) is 9.80. The minimum Gasteiger partial charge on any atom is -0.408 e. The van der Waals surface area contributed by atoms with Crippen LogP contribution in [0.15, 0.2) is 50.1 Å². The molecule has 1 N–H and O–H groups in total. The van der Waals surface area contributed by atoms with Gasteiger partial charge in [-0.25, -0.2) is 4.79 Å². The van der Waals surface area contributed by atoms with Crippen LogP contribution in [0.4, 0.5) is 0 Å². The van der Waals surface area contributed by atoms with E-state index in [4.69, 9.17) is 8.94 Å². The largest absolute Gasteiger partial charge is 0.420 e. The van der Waals surface area contributed by atoms with E-state index < -0.39 is 11.7 Å². The lowest BCUT2D eigenvalue weighted by molar-refractivity contribution is 0.0891. The molecule has 1 aliphatic rings. The number of oxazole rings is 1. The number of aromatic nitrogens is 3. The molecule has 0 bridgehead atoms. The third-order valence-electron chi connectivity index (χ3n) is 6.94. The highest BCUT2D eigenvalue weighted by atomic mass is 16.5. The topological polar surface area (TPSA) is 106 Å². The van der Waals surface area contributed by atoms with Crippen molar-refractivity contribution in [1.82, 2.24) is 24.9 Å². The number of rotatable bonds is 7. The smallest absolute Gasteiger partial charge is 0.408 e. The quantitative estimate of drug-likeness (QED) is 0.423. The summed E-state index contributed by atoms with van der Waals surface area (Å²) in [5, 5.41) is 6.81. The molecule has 9 nitrogen and oxygen atoms in total. The van der Waals surface area contributed by atoms with E-state index in [1.807, 2.05) is 19.1 Å². The van der Waals surface area contributed by atoms with E-state index in [0.29, 0.717) is 23.6 Å². The highest BCUT2D eigenvalue weighted by molar-refractivity contribution is 5.89. The SMILES string of the molecule is Cc1ccc(C)c(CN2CCC(CNC(=O)c3nc(Cn4c(=O)oc5ccc(C)cc54)no3)CC2)c1. The lowest BCUT2D eigenvalue weighted by Gasteiger charge is -2.32. The number of hydrogen-bond donors (Lipinski definition) is 1. The van der Waals surface area contributed by atoms with Crippen molar-refractivity contribution >= 4 is 17.0 Å². The first-order valence-electron chi connectivity index (χ1n) is 12.3. The molecule has 3 heterocycles. The number of aryl methyl sites for hydroxylation is 3. The number of nitrogens with one attached hydrogen (secondary N) is 1. The Labute approximate surface area is 209 Å². The van der Waals surface area contributed by atoms with Gasteiger partial charge in [0.15, 0.2) is 11.4 Å². The normalized spacial score (nSPS) is 15.0. The fraction of sp³-hybridized carbons (Fsp3) is 0.407. The molecule has 0 spiro atoms. The van der Waals surface area contributed by atoms with Crippen molar-refractivity contribution in [1.29, 1.82) is 0 Å². The summed E-state index contributed by atoms with van der Waals surface area (Å²) in [5.41, 5.74) is 6.15. The standard InChI is InChI=1S/C27H31N5O4/c1-17-4-6-19(3)21(12-17)15-31-10-8-20(9-11-31)14-28-25(33)26-29-24(30-36-26)16-32-22-13-18(2)5-7-23(22)35-27(32)34/h4-7,12-13,20H,8-11,14-16H2,1-3H3,(H,28,33). The maximum Gasteiger partial charge on any atom is 0.420 e. The summed E-state index contributed by atoms with van der Waals surface area (Å²) in [4.78, 5) is 31.5. The van der Waals surface area contributed by atoms with Crippen molar-refractivity contribution in [3.8, 4) is 0 Å². The predicted molar refractivity (Wildman–Crippen MR) is 135 cm³/mol. The number of likely N-dealkylation sites (tertiary alicyclic amines) is 1. The maximum absolute atomic E-state index is 12.6. The van der Waals surface area contributed by atoms with Gasteiger partial charge in [0.05, 0.1) is 12.1 Å². The van der Waals surface area contributed by atoms with E-state index in [-0.39, 0.29) is 18.3 Å². The molecule has 36 heavy (non-hydrogen) atoms. The summed E-state index contributed by atoms with van der Waals surface area (Å²) >= 11 is 0. The molecular formula is C27H31N5O4. The highest BCUT2D eigenvalue weighted by Crippen LogP contribution is 2.21. The maximum atomic E-state index is 12.6. The van der Waals surface area contributed by atoms with Crippen LogP contribution in [0.1, 0.15) is 51.6 Å². The summed E-state index contributed by atoms with van der Waals surface area (Å²) < 4.78 is 11.9. The van der Waals surface area contributed by atoms with Gasteiger partial charge in [-0.3, -0.25) is 14.3 Å². The van der Waals surface area contributed by atoms with E-state index in [1.54, 1.807) is 6.07 Å². The van der Waals surface area contributed by atoms with Crippen LogP contribution in [-0.4, -0.2) is 45.1 Å². The number of benzene rings is 2. The zero-order valence-electron chi connectivity index (χ0n) is 20.9. The fourth-order valence-electron chi connectivity index (χ4n) is 4.75. The van der Waals surface area contributed by atoms with Gasteiger partial charge in [0, 0.05) is 13.1 Å². The number of carbonyl (C=O) groups excluding carboxylic acids is 1. The van der Waals surface area contributed by atoms with Crippen LogP contribution < -0.4 is 11.1 Å². The summed E-state index contributed by atoms with van der Waals surface area (Å²) in [6, 6.07) is 12.1. The van der Waals surface area contributed by atoms with E-state index in [0.717, 1.165) is 38.0 Å². The molecule has 1 aliphatic heterocycles. The van der Waals surface area contributed by atoms with Gasteiger partial charge < -0.3 is 14.3 Å². The molecule has 5 rings (SSSR count). The Bertz CT molecular complexity index is 1440. The average molecular weight is 490 g/mol. The predicted octanol–water partition coefficient (Wildman–Crippen LogP) is 3.59. The molecule has 0 radical (unpaired) electrons. The zero-order chi connectivity index (χ0) is 25.2. The Morgan fingerprint density at radius 2 is 1.81 bits per heavy atom. The molecule has 188 valence electrons. The molecule has 0 saturated carbocycles. The number of carbonyl (C=O) groups is 1. The van der Waals surface area contributed by atoms with Gasteiger partial charge in [-0.05, 0) is 81.4 Å². The molecular weight excluding hydrogens is 458 g/mol. The first kappa shape index (κ1) is 24.0. The van der Waals surface area contributed by atoms with Crippen LogP contribution >= 0.6 is 0 Å². The summed E-state index contributed by atoms with van der Waals surface area (Å²) in [5.74, 6) is -0.354. The summed E-state index contributed by atoms with van der Waals surface area (Å²) in [6.45, 7) is 9.83. The Kier molecular flexibility index (Phi) is 6.73. The van der Waals surface area contributed by atoms with Gasteiger partial charge in [0.1, 0.15) is 0 Å². The van der Waals surface area contributed by atoms with Crippen molar-refractivity contribution in [2.24, 2.45) is 5.92 Å². The van der Waals surface area contributed by atoms with Gasteiger partial charge in [-0.1, -0.05) is 35.0 Å².